The number of esters is 1. The lowest BCUT2D eigenvalue weighted by molar-refractivity contribution is -0.142. The maximum absolute atomic E-state index is 12.5. The van der Waals surface area contributed by atoms with Crippen LogP contribution in [0.2, 0.25) is 0 Å². The van der Waals surface area contributed by atoms with E-state index in [1.165, 1.54) is 0 Å². The van der Waals surface area contributed by atoms with Crippen LogP contribution in [0.1, 0.15) is 17.7 Å². The van der Waals surface area contributed by atoms with Crippen LogP contribution in [-0.2, 0) is 29.8 Å². The second-order valence-electron chi connectivity index (χ2n) is 4.70. The third-order valence-electron chi connectivity index (χ3n) is 2.95. The topological polar surface area (TPSA) is 73.3 Å². The molecule has 1 atom stereocenters. The molecule has 0 saturated carbocycles. The zero-order valence-corrected chi connectivity index (χ0v) is 13.9. The largest absolute Gasteiger partial charge is 0.467 e. The van der Waals surface area contributed by atoms with Crippen LogP contribution in [0, 0.1) is 0 Å². The Morgan fingerprint density at radius 1 is 1.20 bits per heavy atom. The van der Waals surface area contributed by atoms with Gasteiger partial charge in [0.05, 0.1) is 30.5 Å². The molecule has 25 heavy (non-hydrogen) atoms. The molecular formula is C12H10ClF6NO4S. The normalized spacial score (nSPS) is 15.5. The number of sulfone groups is 1. The maximum Gasteiger partial charge on any atom is 0.417 e. The number of halogens is 7. The van der Waals surface area contributed by atoms with Crippen molar-refractivity contribution in [3.05, 3.63) is 29.6 Å². The Balaban J connectivity index is 3.39. The lowest BCUT2D eigenvalue weighted by Crippen LogP contribution is -2.42. The highest BCUT2D eigenvalue weighted by atomic mass is 35.5. The van der Waals surface area contributed by atoms with E-state index in [0.717, 1.165) is 0 Å². The standard InChI is InChI=1S/C12H10ClF6NO4S/c1-24-9(21)11(13,25(22,23)5-4-10(14,15)16)8-3-2-7(6-20-8)12(17,18)19/h2-3,6H,4-5H2,1H3. The Kier molecular flexibility index (Phi) is 6.00. The highest BCUT2D eigenvalue weighted by Crippen LogP contribution is 2.38. The van der Waals surface area contributed by atoms with Gasteiger partial charge in [0, 0.05) is 6.20 Å². The number of rotatable bonds is 5. The summed E-state index contributed by atoms with van der Waals surface area (Å²) in [6, 6.07) is 0.875. The summed E-state index contributed by atoms with van der Waals surface area (Å²) < 4.78 is 99.7. The van der Waals surface area contributed by atoms with Gasteiger partial charge in [0.15, 0.2) is 9.84 Å². The van der Waals surface area contributed by atoms with Gasteiger partial charge in [-0.1, -0.05) is 11.6 Å². The molecule has 1 aromatic heterocycles. The van der Waals surface area contributed by atoms with E-state index in [4.69, 9.17) is 11.6 Å². The molecule has 142 valence electrons. The van der Waals surface area contributed by atoms with Crippen LogP contribution >= 0.6 is 11.6 Å². The SMILES string of the molecule is COC(=O)C(Cl)(c1ccc(C(F)(F)F)cn1)S(=O)(=O)CCC(F)(F)F. The number of nitrogens with zero attached hydrogens (tertiary/aromatic N) is 1. The minimum Gasteiger partial charge on any atom is -0.467 e. The molecule has 0 amide bonds. The molecule has 0 N–H and O–H groups in total. The number of pyridine rings is 1. The fraction of sp³-hybridized carbons (Fsp3) is 0.500. The van der Waals surface area contributed by atoms with Crippen molar-refractivity contribution in [2.75, 3.05) is 12.9 Å². The zero-order valence-electron chi connectivity index (χ0n) is 12.3. The summed E-state index contributed by atoms with van der Waals surface area (Å²) >= 11 is 5.73. The Morgan fingerprint density at radius 2 is 1.76 bits per heavy atom. The average molecular weight is 414 g/mol. The van der Waals surface area contributed by atoms with Gasteiger partial charge in [0.25, 0.3) is 4.21 Å². The van der Waals surface area contributed by atoms with Crippen LogP contribution in [0.5, 0.6) is 0 Å². The van der Waals surface area contributed by atoms with E-state index in [1.54, 1.807) is 0 Å². The monoisotopic (exact) mass is 413 g/mol. The molecule has 1 rings (SSSR count). The van der Waals surface area contributed by atoms with Gasteiger partial charge >= 0.3 is 18.3 Å². The molecule has 0 aliphatic carbocycles. The van der Waals surface area contributed by atoms with Gasteiger partial charge in [0.1, 0.15) is 0 Å². The lowest BCUT2D eigenvalue weighted by Gasteiger charge is -2.24. The minimum absolute atomic E-state index is 0.203. The molecule has 1 unspecified atom stereocenters. The Bertz CT molecular complexity index is 731. The first-order valence-electron chi connectivity index (χ1n) is 6.25. The molecule has 0 spiro atoms. The molecular weight excluding hydrogens is 404 g/mol. The van der Waals surface area contributed by atoms with Crippen LogP contribution in [-0.4, -0.2) is 38.4 Å². The van der Waals surface area contributed by atoms with E-state index in [-0.39, 0.29) is 6.20 Å². The number of carbonyl (C=O) groups excluding carboxylic acids is 1. The number of aromatic nitrogens is 1. The Hall–Kier alpha value is -1.56. The number of hydrogen-bond donors (Lipinski definition) is 0. The summed E-state index contributed by atoms with van der Waals surface area (Å²) in [6.07, 6.45) is -11.3. The number of methoxy groups -OCH3 is 1. The molecule has 0 saturated heterocycles. The summed E-state index contributed by atoms with van der Waals surface area (Å²) in [5.41, 5.74) is -2.18. The molecule has 13 heteroatoms. The summed E-state index contributed by atoms with van der Waals surface area (Å²) in [7, 11) is -4.33. The zero-order chi connectivity index (χ0) is 19.7. The van der Waals surface area contributed by atoms with Gasteiger partial charge in [0.2, 0.25) is 0 Å². The lowest BCUT2D eigenvalue weighted by atomic mass is 10.2. The molecule has 5 nitrogen and oxygen atoms in total. The first-order valence-corrected chi connectivity index (χ1v) is 8.28. The van der Waals surface area contributed by atoms with Crippen LogP contribution < -0.4 is 0 Å². The van der Waals surface area contributed by atoms with Crippen molar-refractivity contribution in [3.63, 3.8) is 0 Å². The highest BCUT2D eigenvalue weighted by Gasteiger charge is 2.54. The highest BCUT2D eigenvalue weighted by molar-refractivity contribution is 7.94. The van der Waals surface area contributed by atoms with E-state index < -0.39 is 55.8 Å². The van der Waals surface area contributed by atoms with E-state index in [2.05, 4.69) is 9.72 Å². The molecule has 0 aliphatic rings. The van der Waals surface area contributed by atoms with Gasteiger partial charge in [-0.05, 0) is 12.1 Å². The van der Waals surface area contributed by atoms with E-state index in [1.807, 2.05) is 0 Å². The minimum atomic E-state index is -5.04. The summed E-state index contributed by atoms with van der Waals surface area (Å²) in [6.45, 7) is 0. The van der Waals surface area contributed by atoms with Crippen LogP contribution in [0.3, 0.4) is 0 Å². The fourth-order valence-electron chi connectivity index (χ4n) is 1.66. The molecule has 0 bridgehead atoms. The number of alkyl halides is 7. The number of carbonyl (C=O) groups is 1. The van der Waals surface area contributed by atoms with Crippen molar-refractivity contribution in [1.82, 2.24) is 4.98 Å². The van der Waals surface area contributed by atoms with Gasteiger partial charge in [-0.2, -0.15) is 26.3 Å². The predicted octanol–water partition coefficient (Wildman–Crippen LogP) is 3.03. The van der Waals surface area contributed by atoms with Crippen molar-refractivity contribution in [2.24, 2.45) is 0 Å². The van der Waals surface area contributed by atoms with Gasteiger partial charge in [-0.25, -0.2) is 13.2 Å². The van der Waals surface area contributed by atoms with Gasteiger partial charge in [-0.15, -0.1) is 0 Å². The van der Waals surface area contributed by atoms with Crippen molar-refractivity contribution in [1.29, 1.82) is 0 Å². The maximum atomic E-state index is 12.5. The summed E-state index contributed by atoms with van der Waals surface area (Å²) in [5.74, 6) is -3.28. The Morgan fingerprint density at radius 3 is 2.12 bits per heavy atom. The second-order valence-corrected chi connectivity index (χ2v) is 7.74. The van der Waals surface area contributed by atoms with Crippen molar-refractivity contribution in [2.45, 2.75) is 23.0 Å². The van der Waals surface area contributed by atoms with E-state index in [9.17, 15) is 39.6 Å². The predicted molar refractivity (Wildman–Crippen MR) is 73.2 cm³/mol. The second kappa shape index (κ2) is 6.98. The van der Waals surface area contributed by atoms with Crippen molar-refractivity contribution >= 4 is 27.4 Å². The number of ether oxygens (including phenoxy) is 1. The molecule has 0 aromatic carbocycles. The van der Waals surface area contributed by atoms with Crippen molar-refractivity contribution < 1.29 is 44.3 Å². The summed E-state index contributed by atoms with van der Waals surface area (Å²) in [5, 5.41) is 0. The van der Waals surface area contributed by atoms with Gasteiger partial charge in [-0.3, -0.25) is 4.98 Å². The molecule has 1 aromatic rings. The average Bonchev–Trinajstić information content (AvgIpc) is 2.50. The number of hydrogen-bond acceptors (Lipinski definition) is 5. The van der Waals surface area contributed by atoms with Crippen LogP contribution in [0.25, 0.3) is 0 Å². The first-order chi connectivity index (χ1) is 11.1. The molecule has 0 fully saturated rings. The fourth-order valence-corrected chi connectivity index (χ4v) is 3.64. The van der Waals surface area contributed by atoms with Crippen molar-refractivity contribution in [3.8, 4) is 0 Å². The molecule has 1 heterocycles. The summed E-state index contributed by atoms with van der Waals surface area (Å²) in [4.78, 5) is 15.0. The van der Waals surface area contributed by atoms with Crippen LogP contribution in [0.4, 0.5) is 26.3 Å². The van der Waals surface area contributed by atoms with E-state index in [0.29, 0.717) is 19.2 Å². The first kappa shape index (κ1) is 21.5. The third-order valence-corrected chi connectivity index (χ3v) is 5.98. The molecule has 0 radical (unpaired) electrons. The Labute approximate surface area is 142 Å². The quantitative estimate of drug-likeness (QED) is 0.421. The van der Waals surface area contributed by atoms with E-state index >= 15 is 0 Å². The van der Waals surface area contributed by atoms with Crippen LogP contribution in [0.15, 0.2) is 18.3 Å². The third kappa shape index (κ3) is 4.75. The molecule has 0 aliphatic heterocycles. The van der Waals surface area contributed by atoms with Gasteiger partial charge < -0.3 is 4.74 Å². The smallest absolute Gasteiger partial charge is 0.417 e.